The SMILES string of the molecule is CC(C)CCN(c1ccc(CCc2ccc(F)cc2)cc1)C1CCN(C(=O)[C@@H](N)CC(C)C)C1. The first-order valence-corrected chi connectivity index (χ1v) is 12.9. The van der Waals surface area contributed by atoms with E-state index in [0.717, 1.165) is 57.3 Å². The largest absolute Gasteiger partial charge is 0.367 e. The van der Waals surface area contributed by atoms with E-state index in [1.807, 2.05) is 17.0 Å². The summed E-state index contributed by atoms with van der Waals surface area (Å²) in [6, 6.07) is 15.5. The maximum absolute atomic E-state index is 13.1. The average Bonchev–Trinajstić information content (AvgIpc) is 3.28. The highest BCUT2D eigenvalue weighted by molar-refractivity contribution is 5.82. The number of amides is 1. The molecule has 1 heterocycles. The molecule has 0 aromatic heterocycles. The van der Waals surface area contributed by atoms with Crippen molar-refractivity contribution in [2.45, 2.75) is 71.9 Å². The minimum absolute atomic E-state index is 0.0937. The van der Waals surface area contributed by atoms with Crippen LogP contribution in [0.25, 0.3) is 0 Å². The molecule has 34 heavy (non-hydrogen) atoms. The third-order valence-corrected chi connectivity index (χ3v) is 6.79. The zero-order valence-electron chi connectivity index (χ0n) is 21.3. The van der Waals surface area contributed by atoms with Gasteiger partial charge in [-0.1, -0.05) is 52.0 Å². The number of anilines is 1. The maximum Gasteiger partial charge on any atom is 0.239 e. The standard InChI is InChI=1S/C29H42FN3O/c1-21(2)15-18-33(27-16-17-32(20-27)29(34)28(31)19-22(3)4)26-13-9-24(10-14-26)6-5-23-7-11-25(30)12-8-23/h7-14,21-22,27-28H,5-6,15-20,31H2,1-4H3/t27?,28-/m0/s1. The molecule has 1 saturated heterocycles. The molecule has 1 unspecified atom stereocenters. The van der Waals surface area contributed by atoms with Crippen molar-refractivity contribution in [3.05, 3.63) is 65.5 Å². The predicted molar refractivity (Wildman–Crippen MR) is 139 cm³/mol. The third-order valence-electron chi connectivity index (χ3n) is 6.79. The Labute approximate surface area is 205 Å². The first kappa shape index (κ1) is 26.2. The molecule has 1 aliphatic rings. The highest BCUT2D eigenvalue weighted by Crippen LogP contribution is 2.26. The third kappa shape index (κ3) is 7.56. The first-order valence-electron chi connectivity index (χ1n) is 12.9. The topological polar surface area (TPSA) is 49.6 Å². The normalized spacial score (nSPS) is 16.9. The van der Waals surface area contributed by atoms with Gasteiger partial charge in [0.1, 0.15) is 5.82 Å². The van der Waals surface area contributed by atoms with Crippen molar-refractivity contribution in [1.82, 2.24) is 4.90 Å². The summed E-state index contributed by atoms with van der Waals surface area (Å²) in [5, 5.41) is 0. The molecule has 0 aliphatic carbocycles. The number of likely N-dealkylation sites (tertiary alicyclic amines) is 1. The molecule has 0 spiro atoms. The number of rotatable bonds is 11. The van der Waals surface area contributed by atoms with E-state index in [1.54, 1.807) is 0 Å². The number of nitrogens with zero attached hydrogens (tertiary/aromatic N) is 2. The van der Waals surface area contributed by atoms with Gasteiger partial charge in [-0.2, -0.15) is 0 Å². The summed E-state index contributed by atoms with van der Waals surface area (Å²) in [6.07, 6.45) is 4.65. The summed E-state index contributed by atoms with van der Waals surface area (Å²) < 4.78 is 13.1. The molecule has 0 radical (unpaired) electrons. The Morgan fingerprint density at radius 3 is 2.15 bits per heavy atom. The van der Waals surface area contributed by atoms with Gasteiger partial charge in [-0.05, 0) is 79.3 Å². The highest BCUT2D eigenvalue weighted by Gasteiger charge is 2.32. The fraction of sp³-hybridized carbons (Fsp3) is 0.552. The molecule has 186 valence electrons. The Bertz CT molecular complexity index is 895. The van der Waals surface area contributed by atoms with Gasteiger partial charge in [0.25, 0.3) is 0 Å². The molecular formula is C29H42FN3O. The number of aryl methyl sites for hydroxylation is 2. The smallest absolute Gasteiger partial charge is 0.239 e. The van der Waals surface area contributed by atoms with E-state index in [2.05, 4.69) is 56.9 Å². The van der Waals surface area contributed by atoms with Gasteiger partial charge in [-0.15, -0.1) is 0 Å². The van der Waals surface area contributed by atoms with Crippen LogP contribution >= 0.6 is 0 Å². The van der Waals surface area contributed by atoms with Crippen LogP contribution in [0.2, 0.25) is 0 Å². The fourth-order valence-electron chi connectivity index (χ4n) is 4.75. The zero-order valence-corrected chi connectivity index (χ0v) is 21.3. The van der Waals surface area contributed by atoms with Crippen molar-refractivity contribution >= 4 is 11.6 Å². The number of nitrogens with two attached hydrogens (primary N) is 1. The van der Waals surface area contributed by atoms with E-state index < -0.39 is 6.04 Å². The van der Waals surface area contributed by atoms with Gasteiger partial charge in [-0.25, -0.2) is 4.39 Å². The summed E-state index contributed by atoms with van der Waals surface area (Å²) >= 11 is 0. The second kappa shape index (κ2) is 12.3. The van der Waals surface area contributed by atoms with Crippen LogP contribution in [0.1, 0.15) is 58.1 Å². The summed E-state index contributed by atoms with van der Waals surface area (Å²) in [4.78, 5) is 17.3. The molecule has 0 bridgehead atoms. The summed E-state index contributed by atoms with van der Waals surface area (Å²) in [5.41, 5.74) is 9.85. The Balaban J connectivity index is 1.64. The Morgan fingerprint density at radius 1 is 1.00 bits per heavy atom. The maximum atomic E-state index is 13.1. The van der Waals surface area contributed by atoms with Crippen molar-refractivity contribution < 1.29 is 9.18 Å². The lowest BCUT2D eigenvalue weighted by atomic mass is 10.0. The van der Waals surface area contributed by atoms with Crippen LogP contribution in [0.3, 0.4) is 0 Å². The van der Waals surface area contributed by atoms with Gasteiger partial charge in [0.05, 0.1) is 6.04 Å². The summed E-state index contributed by atoms with van der Waals surface area (Å²) in [5.74, 6) is 0.942. The second-order valence-electron chi connectivity index (χ2n) is 10.6. The molecule has 2 atom stereocenters. The van der Waals surface area contributed by atoms with Gasteiger partial charge in [-0.3, -0.25) is 4.79 Å². The number of hydrogen-bond acceptors (Lipinski definition) is 3. The van der Waals surface area contributed by atoms with E-state index >= 15 is 0 Å². The van der Waals surface area contributed by atoms with Crippen molar-refractivity contribution in [2.75, 3.05) is 24.5 Å². The minimum Gasteiger partial charge on any atom is -0.367 e. The fourth-order valence-corrected chi connectivity index (χ4v) is 4.75. The van der Waals surface area contributed by atoms with E-state index in [9.17, 15) is 9.18 Å². The Morgan fingerprint density at radius 2 is 1.59 bits per heavy atom. The highest BCUT2D eigenvalue weighted by atomic mass is 19.1. The van der Waals surface area contributed by atoms with Crippen LogP contribution in [-0.4, -0.2) is 42.5 Å². The van der Waals surface area contributed by atoms with Gasteiger partial charge in [0.15, 0.2) is 0 Å². The monoisotopic (exact) mass is 467 g/mol. The van der Waals surface area contributed by atoms with E-state index in [1.165, 1.54) is 23.4 Å². The first-order chi connectivity index (χ1) is 16.2. The lowest BCUT2D eigenvalue weighted by molar-refractivity contribution is -0.131. The molecule has 1 aliphatic heterocycles. The lowest BCUT2D eigenvalue weighted by Gasteiger charge is -2.32. The molecule has 2 aromatic rings. The van der Waals surface area contributed by atoms with Crippen molar-refractivity contribution in [2.24, 2.45) is 17.6 Å². The quantitative estimate of drug-likeness (QED) is 0.479. The van der Waals surface area contributed by atoms with Gasteiger partial charge < -0.3 is 15.5 Å². The number of halogens is 1. The molecule has 1 amide bonds. The molecule has 2 aromatic carbocycles. The minimum atomic E-state index is -0.400. The van der Waals surface area contributed by atoms with Crippen LogP contribution < -0.4 is 10.6 Å². The number of carbonyl (C=O) groups excluding carboxylic acids is 1. The predicted octanol–water partition coefficient (Wildman–Crippen LogP) is 5.44. The van der Waals surface area contributed by atoms with Gasteiger partial charge >= 0.3 is 0 Å². The van der Waals surface area contributed by atoms with Crippen LogP contribution in [0.5, 0.6) is 0 Å². The van der Waals surface area contributed by atoms with Crippen LogP contribution in [0.15, 0.2) is 48.5 Å². The lowest BCUT2D eigenvalue weighted by Crippen LogP contribution is -2.45. The average molecular weight is 468 g/mol. The van der Waals surface area contributed by atoms with Crippen LogP contribution in [0, 0.1) is 17.7 Å². The van der Waals surface area contributed by atoms with E-state index in [0.29, 0.717) is 17.9 Å². The molecule has 5 heteroatoms. The Hall–Kier alpha value is -2.40. The number of carbonyl (C=O) groups is 1. The second-order valence-corrected chi connectivity index (χ2v) is 10.6. The van der Waals surface area contributed by atoms with Crippen molar-refractivity contribution in [3.8, 4) is 0 Å². The summed E-state index contributed by atoms with van der Waals surface area (Å²) in [7, 11) is 0. The van der Waals surface area contributed by atoms with E-state index in [4.69, 9.17) is 5.73 Å². The molecule has 4 nitrogen and oxygen atoms in total. The van der Waals surface area contributed by atoms with Crippen molar-refractivity contribution in [3.63, 3.8) is 0 Å². The van der Waals surface area contributed by atoms with Crippen molar-refractivity contribution in [1.29, 1.82) is 0 Å². The molecule has 0 saturated carbocycles. The van der Waals surface area contributed by atoms with Crippen LogP contribution in [0.4, 0.5) is 10.1 Å². The Kier molecular flexibility index (Phi) is 9.52. The van der Waals surface area contributed by atoms with Gasteiger partial charge in [0, 0.05) is 31.4 Å². The molecule has 1 fully saturated rings. The van der Waals surface area contributed by atoms with Crippen LogP contribution in [-0.2, 0) is 17.6 Å². The zero-order chi connectivity index (χ0) is 24.7. The number of benzene rings is 2. The summed E-state index contributed by atoms with van der Waals surface area (Å²) in [6.45, 7) is 11.2. The molecule has 3 rings (SSSR count). The van der Waals surface area contributed by atoms with E-state index in [-0.39, 0.29) is 11.7 Å². The molecule has 2 N–H and O–H groups in total. The van der Waals surface area contributed by atoms with Gasteiger partial charge in [0.2, 0.25) is 5.91 Å². The molecular weight excluding hydrogens is 425 g/mol. The number of hydrogen-bond donors (Lipinski definition) is 1.